The quantitative estimate of drug-likeness (QED) is 0.725. The second-order valence-corrected chi connectivity index (χ2v) is 6.86. The van der Waals surface area contributed by atoms with Crippen LogP contribution in [0.2, 0.25) is 10.0 Å². The van der Waals surface area contributed by atoms with Gasteiger partial charge in [-0.1, -0.05) is 35.3 Å². The zero-order valence-corrected chi connectivity index (χ0v) is 14.8. The van der Waals surface area contributed by atoms with Crippen LogP contribution in [0.25, 0.3) is 10.9 Å². The zero-order valence-electron chi connectivity index (χ0n) is 13.3. The number of aromatic nitrogens is 1. The van der Waals surface area contributed by atoms with Crippen LogP contribution in [0.3, 0.4) is 0 Å². The van der Waals surface area contributed by atoms with Crippen LogP contribution in [0.5, 0.6) is 0 Å². The number of benzene rings is 2. The molecule has 1 aliphatic rings. The molecule has 3 nitrogen and oxygen atoms in total. The van der Waals surface area contributed by atoms with Crippen molar-refractivity contribution in [1.82, 2.24) is 9.88 Å². The summed E-state index contributed by atoms with van der Waals surface area (Å²) in [4.78, 5) is 4.61. The lowest BCUT2D eigenvalue weighted by molar-refractivity contribution is 0.803. The van der Waals surface area contributed by atoms with Gasteiger partial charge in [-0.2, -0.15) is 0 Å². The third-order valence-corrected chi connectivity index (χ3v) is 4.94. The average molecular weight is 358 g/mol. The average Bonchev–Trinajstić information content (AvgIpc) is 3.17. The maximum Gasteiger partial charge on any atom is 0.130 e. The molecule has 24 heavy (non-hydrogen) atoms. The summed E-state index contributed by atoms with van der Waals surface area (Å²) in [5.74, 6) is 0.967. The summed E-state index contributed by atoms with van der Waals surface area (Å²) in [6, 6.07) is 14.0. The third kappa shape index (κ3) is 2.68. The van der Waals surface area contributed by atoms with Crippen molar-refractivity contribution in [3.05, 3.63) is 69.3 Å². The van der Waals surface area contributed by atoms with Crippen LogP contribution in [-0.4, -0.2) is 23.5 Å². The Morgan fingerprint density at radius 3 is 2.54 bits per heavy atom. The number of hydrogen-bond donors (Lipinski definition) is 1. The van der Waals surface area contributed by atoms with E-state index in [9.17, 15) is 0 Å². The van der Waals surface area contributed by atoms with Gasteiger partial charge < -0.3 is 9.88 Å². The normalized spacial score (nSPS) is 14.0. The summed E-state index contributed by atoms with van der Waals surface area (Å²) in [5, 5.41) is 6.02. The van der Waals surface area contributed by atoms with Gasteiger partial charge >= 0.3 is 0 Å². The third-order valence-electron chi connectivity index (χ3n) is 4.45. The van der Waals surface area contributed by atoms with Crippen LogP contribution in [0, 0.1) is 6.92 Å². The molecule has 0 bridgehead atoms. The van der Waals surface area contributed by atoms with Crippen molar-refractivity contribution >= 4 is 39.9 Å². The van der Waals surface area contributed by atoms with Gasteiger partial charge in [0.1, 0.15) is 5.84 Å². The van der Waals surface area contributed by atoms with E-state index >= 15 is 0 Å². The lowest BCUT2D eigenvalue weighted by atomic mass is 10.1. The Balaban J connectivity index is 1.88. The Hall–Kier alpha value is -1.97. The first-order valence-corrected chi connectivity index (χ1v) is 8.70. The second-order valence-electron chi connectivity index (χ2n) is 5.99. The summed E-state index contributed by atoms with van der Waals surface area (Å²) in [5.41, 5.74) is 4.72. The smallest absolute Gasteiger partial charge is 0.130 e. The molecule has 1 aromatic heterocycles. The number of aliphatic imine (C=N–C) groups is 1. The largest absolute Gasteiger partial charge is 0.368 e. The van der Waals surface area contributed by atoms with E-state index in [1.165, 1.54) is 16.8 Å². The topological polar surface area (TPSA) is 29.3 Å². The predicted molar refractivity (Wildman–Crippen MR) is 102 cm³/mol. The maximum atomic E-state index is 6.25. The van der Waals surface area contributed by atoms with Crippen molar-refractivity contribution in [3.63, 3.8) is 0 Å². The SMILES string of the molecule is Cc1c(C2=NCCN2)c2cc(Cl)ccc2n1Cc1ccc(Cl)cc1. The molecule has 0 spiro atoms. The minimum absolute atomic E-state index is 0.742. The van der Waals surface area contributed by atoms with Crippen molar-refractivity contribution < 1.29 is 0 Å². The van der Waals surface area contributed by atoms with Gasteiger partial charge in [0, 0.05) is 45.3 Å². The van der Waals surface area contributed by atoms with Crippen LogP contribution in [0.1, 0.15) is 16.8 Å². The van der Waals surface area contributed by atoms with E-state index in [0.29, 0.717) is 0 Å². The number of nitrogens with one attached hydrogen (secondary N) is 1. The number of amidine groups is 1. The van der Waals surface area contributed by atoms with E-state index in [-0.39, 0.29) is 0 Å². The van der Waals surface area contributed by atoms with Gasteiger partial charge in [-0.3, -0.25) is 4.99 Å². The van der Waals surface area contributed by atoms with E-state index < -0.39 is 0 Å². The van der Waals surface area contributed by atoms with Crippen LogP contribution in [0.15, 0.2) is 47.5 Å². The lowest BCUT2D eigenvalue weighted by Gasteiger charge is -2.09. The molecule has 0 amide bonds. The molecule has 0 fully saturated rings. The highest BCUT2D eigenvalue weighted by Gasteiger charge is 2.20. The molecule has 122 valence electrons. The first-order valence-electron chi connectivity index (χ1n) is 7.95. The first-order chi connectivity index (χ1) is 11.6. The Morgan fingerprint density at radius 2 is 1.83 bits per heavy atom. The molecule has 0 radical (unpaired) electrons. The highest BCUT2D eigenvalue weighted by molar-refractivity contribution is 6.31. The van der Waals surface area contributed by atoms with E-state index in [1.807, 2.05) is 24.3 Å². The van der Waals surface area contributed by atoms with Crippen molar-refractivity contribution in [2.75, 3.05) is 13.1 Å². The number of fused-ring (bicyclic) bond motifs is 1. The van der Waals surface area contributed by atoms with Crippen molar-refractivity contribution in [3.8, 4) is 0 Å². The Labute approximate surface area is 150 Å². The van der Waals surface area contributed by atoms with Gasteiger partial charge in [0.25, 0.3) is 0 Å². The summed E-state index contributed by atoms with van der Waals surface area (Å²) in [6.45, 7) is 4.63. The molecule has 3 aromatic rings. The Morgan fingerprint density at radius 1 is 1.08 bits per heavy atom. The van der Waals surface area contributed by atoms with Gasteiger partial charge in [0.15, 0.2) is 0 Å². The van der Waals surface area contributed by atoms with Gasteiger partial charge in [-0.25, -0.2) is 0 Å². The monoisotopic (exact) mass is 357 g/mol. The fourth-order valence-electron chi connectivity index (χ4n) is 3.29. The highest BCUT2D eigenvalue weighted by atomic mass is 35.5. The minimum Gasteiger partial charge on any atom is -0.368 e. The molecule has 2 heterocycles. The van der Waals surface area contributed by atoms with Crippen molar-refractivity contribution in [2.45, 2.75) is 13.5 Å². The van der Waals surface area contributed by atoms with Gasteiger partial charge in [-0.05, 0) is 42.8 Å². The summed E-state index contributed by atoms with van der Waals surface area (Å²) >= 11 is 12.3. The van der Waals surface area contributed by atoms with Gasteiger partial charge in [0.05, 0.1) is 6.54 Å². The van der Waals surface area contributed by atoms with E-state index in [0.717, 1.165) is 46.5 Å². The molecule has 1 N–H and O–H groups in total. The second kappa shape index (κ2) is 6.15. The molecule has 2 aromatic carbocycles. The molecule has 0 saturated carbocycles. The number of hydrogen-bond acceptors (Lipinski definition) is 2. The van der Waals surface area contributed by atoms with Crippen LogP contribution < -0.4 is 5.32 Å². The van der Waals surface area contributed by atoms with E-state index in [2.05, 4.69) is 40.0 Å². The minimum atomic E-state index is 0.742. The molecule has 0 aliphatic carbocycles. The first kappa shape index (κ1) is 15.6. The summed E-state index contributed by atoms with van der Waals surface area (Å²) in [6.07, 6.45) is 0. The zero-order chi connectivity index (χ0) is 16.7. The molecule has 4 rings (SSSR count). The van der Waals surface area contributed by atoms with E-state index in [1.54, 1.807) is 0 Å². The highest BCUT2D eigenvalue weighted by Crippen LogP contribution is 2.30. The van der Waals surface area contributed by atoms with Crippen LogP contribution in [-0.2, 0) is 6.54 Å². The molecular formula is C19H17Cl2N3. The van der Waals surface area contributed by atoms with Gasteiger partial charge in [-0.15, -0.1) is 0 Å². The molecule has 0 atom stereocenters. The number of rotatable bonds is 3. The summed E-state index contributed by atoms with van der Waals surface area (Å²) < 4.78 is 2.31. The Bertz CT molecular complexity index is 939. The lowest BCUT2D eigenvalue weighted by Crippen LogP contribution is -2.20. The molecular weight excluding hydrogens is 341 g/mol. The fraction of sp³-hybridized carbons (Fsp3) is 0.211. The number of halogens is 2. The van der Waals surface area contributed by atoms with Crippen LogP contribution in [0.4, 0.5) is 0 Å². The van der Waals surface area contributed by atoms with Crippen LogP contribution >= 0.6 is 23.2 Å². The Kier molecular flexibility index (Phi) is 3.99. The van der Waals surface area contributed by atoms with Gasteiger partial charge in [0.2, 0.25) is 0 Å². The maximum absolute atomic E-state index is 6.25. The summed E-state index contributed by atoms with van der Waals surface area (Å²) in [7, 11) is 0. The van der Waals surface area contributed by atoms with Crippen molar-refractivity contribution in [1.29, 1.82) is 0 Å². The predicted octanol–water partition coefficient (Wildman–Crippen LogP) is 4.65. The van der Waals surface area contributed by atoms with E-state index in [4.69, 9.17) is 23.2 Å². The molecule has 0 unspecified atom stereocenters. The molecule has 5 heteroatoms. The molecule has 0 saturated heterocycles. The standard InChI is InChI=1S/C19H17Cl2N3/c1-12-18(19-22-8-9-23-19)16-10-15(21)6-7-17(16)24(12)11-13-2-4-14(20)5-3-13/h2-7,10H,8-9,11H2,1H3,(H,22,23). The fourth-order valence-corrected chi connectivity index (χ4v) is 3.59. The van der Waals surface area contributed by atoms with Crippen molar-refractivity contribution in [2.24, 2.45) is 4.99 Å². The number of nitrogens with zero attached hydrogens (tertiary/aromatic N) is 2. The molecule has 1 aliphatic heterocycles.